The summed E-state index contributed by atoms with van der Waals surface area (Å²) in [4.78, 5) is 11.3. The lowest BCUT2D eigenvalue weighted by Crippen LogP contribution is -2.41. The predicted octanol–water partition coefficient (Wildman–Crippen LogP) is 1.97. The number of carbonyl (C=O) groups is 1. The van der Waals surface area contributed by atoms with Crippen molar-refractivity contribution in [1.29, 1.82) is 0 Å². The first kappa shape index (κ1) is 15.6. The Morgan fingerprint density at radius 1 is 1.24 bits per heavy atom. The van der Waals surface area contributed by atoms with Crippen molar-refractivity contribution < 1.29 is 19.2 Å². The molecule has 0 atom stereocenters. The fourth-order valence-electron chi connectivity index (χ4n) is 2.22. The Balaban J connectivity index is 2.53. The SMILES string of the molecule is C#Cc1cc(C(=O)O)cc(B2OC(C)(C)C(C)(C)O2)c1C. The lowest BCUT2D eigenvalue weighted by molar-refractivity contribution is 0.00578. The molecule has 5 heteroatoms. The number of hydrogen-bond donors (Lipinski definition) is 1. The Morgan fingerprint density at radius 3 is 2.19 bits per heavy atom. The summed E-state index contributed by atoms with van der Waals surface area (Å²) in [5.74, 6) is 1.50. The zero-order chi connectivity index (χ0) is 16.0. The molecule has 0 saturated carbocycles. The van der Waals surface area contributed by atoms with E-state index in [4.69, 9.17) is 15.7 Å². The summed E-state index contributed by atoms with van der Waals surface area (Å²) in [5.41, 5.74) is 1.18. The molecule has 110 valence electrons. The van der Waals surface area contributed by atoms with Crippen LogP contribution in [0.5, 0.6) is 0 Å². The third-order valence-electron chi connectivity index (χ3n) is 4.36. The molecule has 0 unspecified atom stereocenters. The van der Waals surface area contributed by atoms with E-state index in [0.717, 1.165) is 5.56 Å². The summed E-state index contributed by atoms with van der Waals surface area (Å²) in [5, 5.41) is 9.22. The predicted molar refractivity (Wildman–Crippen MR) is 81.8 cm³/mol. The van der Waals surface area contributed by atoms with Crippen molar-refractivity contribution in [1.82, 2.24) is 0 Å². The van der Waals surface area contributed by atoms with E-state index < -0.39 is 24.3 Å². The maximum atomic E-state index is 11.3. The van der Waals surface area contributed by atoms with Gasteiger partial charge in [-0.1, -0.05) is 5.92 Å². The van der Waals surface area contributed by atoms with Gasteiger partial charge in [-0.3, -0.25) is 0 Å². The van der Waals surface area contributed by atoms with E-state index in [1.807, 2.05) is 34.6 Å². The molecule has 0 spiro atoms. The van der Waals surface area contributed by atoms with Gasteiger partial charge in [0.25, 0.3) is 0 Å². The zero-order valence-electron chi connectivity index (χ0n) is 13.0. The molecule has 0 amide bonds. The molecule has 0 bridgehead atoms. The first-order valence-electron chi connectivity index (χ1n) is 6.79. The minimum absolute atomic E-state index is 0.137. The average molecular weight is 286 g/mol. The van der Waals surface area contributed by atoms with Gasteiger partial charge in [0.2, 0.25) is 0 Å². The largest absolute Gasteiger partial charge is 0.495 e. The Labute approximate surface area is 125 Å². The molecule has 1 aromatic rings. The maximum Gasteiger partial charge on any atom is 0.495 e. The lowest BCUT2D eigenvalue weighted by atomic mass is 9.74. The van der Waals surface area contributed by atoms with Gasteiger partial charge in [0.1, 0.15) is 0 Å². The highest BCUT2D eigenvalue weighted by molar-refractivity contribution is 6.62. The van der Waals surface area contributed by atoms with Crippen LogP contribution in [0.2, 0.25) is 0 Å². The van der Waals surface area contributed by atoms with Crippen molar-refractivity contribution in [2.24, 2.45) is 0 Å². The summed E-state index contributed by atoms with van der Waals surface area (Å²) < 4.78 is 12.0. The van der Waals surface area contributed by atoms with Crippen molar-refractivity contribution in [3.8, 4) is 12.3 Å². The molecule has 1 heterocycles. The van der Waals surface area contributed by atoms with Gasteiger partial charge >= 0.3 is 13.1 Å². The van der Waals surface area contributed by atoms with Crippen LogP contribution in [-0.4, -0.2) is 29.4 Å². The third-order valence-corrected chi connectivity index (χ3v) is 4.36. The van der Waals surface area contributed by atoms with E-state index >= 15 is 0 Å². The fraction of sp³-hybridized carbons (Fsp3) is 0.438. The molecule has 0 radical (unpaired) electrons. The molecule has 1 saturated heterocycles. The molecule has 2 rings (SSSR count). The van der Waals surface area contributed by atoms with Gasteiger partial charge in [-0.15, -0.1) is 6.42 Å². The van der Waals surface area contributed by atoms with Crippen molar-refractivity contribution in [3.63, 3.8) is 0 Å². The normalized spacial score (nSPS) is 19.3. The topological polar surface area (TPSA) is 55.8 Å². The van der Waals surface area contributed by atoms with E-state index in [1.165, 1.54) is 6.07 Å². The quantitative estimate of drug-likeness (QED) is 0.667. The molecular weight excluding hydrogens is 267 g/mol. The van der Waals surface area contributed by atoms with Crippen LogP contribution in [0.15, 0.2) is 12.1 Å². The Hall–Kier alpha value is -1.77. The molecule has 0 aliphatic carbocycles. The standard InChI is InChI=1S/C16H19BO4/c1-7-11-8-12(14(18)19)9-13(10(11)2)17-20-15(3,4)16(5,6)21-17/h1,8-9H,2-6H3,(H,18,19). The van der Waals surface area contributed by atoms with Gasteiger partial charge in [-0.25, -0.2) is 4.79 Å². The monoisotopic (exact) mass is 286 g/mol. The summed E-state index contributed by atoms with van der Waals surface area (Å²) >= 11 is 0. The second-order valence-electron chi connectivity index (χ2n) is 6.28. The molecule has 21 heavy (non-hydrogen) atoms. The summed E-state index contributed by atoms with van der Waals surface area (Å²) in [6.45, 7) is 9.65. The van der Waals surface area contributed by atoms with Crippen LogP contribution in [0, 0.1) is 19.3 Å². The van der Waals surface area contributed by atoms with Crippen molar-refractivity contribution in [2.45, 2.75) is 45.8 Å². The smallest absolute Gasteiger partial charge is 0.478 e. The van der Waals surface area contributed by atoms with Crippen LogP contribution in [0.1, 0.15) is 49.2 Å². The summed E-state index contributed by atoms with van der Waals surface area (Å²) in [7, 11) is -0.624. The van der Waals surface area contributed by atoms with Crippen LogP contribution in [0.25, 0.3) is 0 Å². The fourth-order valence-corrected chi connectivity index (χ4v) is 2.22. The maximum absolute atomic E-state index is 11.3. The first-order chi connectivity index (χ1) is 9.59. The number of carboxylic acids is 1. The van der Waals surface area contributed by atoms with E-state index in [0.29, 0.717) is 11.0 Å². The van der Waals surface area contributed by atoms with Gasteiger partial charge in [0.15, 0.2) is 0 Å². The van der Waals surface area contributed by atoms with Crippen LogP contribution in [0.3, 0.4) is 0 Å². The summed E-state index contributed by atoms with van der Waals surface area (Å²) in [6.07, 6.45) is 5.47. The highest BCUT2D eigenvalue weighted by Gasteiger charge is 2.52. The highest BCUT2D eigenvalue weighted by Crippen LogP contribution is 2.36. The van der Waals surface area contributed by atoms with Crippen LogP contribution in [-0.2, 0) is 9.31 Å². The van der Waals surface area contributed by atoms with Gasteiger partial charge in [-0.2, -0.15) is 0 Å². The van der Waals surface area contributed by atoms with E-state index in [1.54, 1.807) is 6.07 Å². The minimum atomic E-state index is -1.02. The molecule has 1 N–H and O–H groups in total. The Morgan fingerprint density at radius 2 is 1.76 bits per heavy atom. The number of carboxylic acid groups (broad SMARTS) is 1. The second-order valence-corrected chi connectivity index (χ2v) is 6.28. The summed E-state index contributed by atoms with van der Waals surface area (Å²) in [6, 6.07) is 3.06. The third kappa shape index (κ3) is 2.57. The number of rotatable bonds is 2. The lowest BCUT2D eigenvalue weighted by Gasteiger charge is -2.32. The second kappa shape index (κ2) is 4.90. The molecule has 1 fully saturated rings. The van der Waals surface area contributed by atoms with Crippen LogP contribution >= 0.6 is 0 Å². The number of terminal acetylenes is 1. The average Bonchev–Trinajstić information content (AvgIpc) is 2.58. The van der Waals surface area contributed by atoms with E-state index in [-0.39, 0.29) is 5.56 Å². The minimum Gasteiger partial charge on any atom is -0.478 e. The molecule has 1 aliphatic heterocycles. The van der Waals surface area contributed by atoms with Gasteiger partial charge < -0.3 is 14.4 Å². The molecule has 1 aromatic carbocycles. The van der Waals surface area contributed by atoms with Crippen LogP contribution < -0.4 is 5.46 Å². The van der Waals surface area contributed by atoms with E-state index in [2.05, 4.69) is 5.92 Å². The number of hydrogen-bond acceptors (Lipinski definition) is 3. The molecule has 4 nitrogen and oxygen atoms in total. The molecular formula is C16H19BO4. The van der Waals surface area contributed by atoms with E-state index in [9.17, 15) is 9.90 Å². The highest BCUT2D eigenvalue weighted by atomic mass is 16.7. The molecule has 0 aromatic heterocycles. The zero-order valence-corrected chi connectivity index (χ0v) is 13.0. The first-order valence-corrected chi connectivity index (χ1v) is 6.79. The van der Waals surface area contributed by atoms with Crippen molar-refractivity contribution in [2.75, 3.05) is 0 Å². The van der Waals surface area contributed by atoms with Gasteiger partial charge in [-0.05, 0) is 57.8 Å². The Kier molecular flexibility index (Phi) is 3.65. The Bertz CT molecular complexity index is 624. The number of benzene rings is 1. The van der Waals surface area contributed by atoms with Crippen molar-refractivity contribution in [3.05, 3.63) is 28.8 Å². The number of aromatic carboxylic acids is 1. The van der Waals surface area contributed by atoms with Gasteiger partial charge in [0, 0.05) is 5.56 Å². The molecule has 1 aliphatic rings. The van der Waals surface area contributed by atoms with Crippen molar-refractivity contribution >= 4 is 18.6 Å². The van der Waals surface area contributed by atoms with Crippen LogP contribution in [0.4, 0.5) is 0 Å². The van der Waals surface area contributed by atoms with Gasteiger partial charge in [0.05, 0.1) is 16.8 Å².